The normalized spacial score (nSPS) is 21.0. The number of carbonyl (C=O) groups is 1. The van der Waals surface area contributed by atoms with Crippen molar-refractivity contribution in [2.24, 2.45) is 0 Å². The van der Waals surface area contributed by atoms with Crippen LogP contribution in [0, 0.1) is 0 Å². The summed E-state index contributed by atoms with van der Waals surface area (Å²) in [7, 11) is 4.12. The topological polar surface area (TPSA) is 51.7 Å². The highest BCUT2D eigenvalue weighted by atomic mass is 35.5. The van der Waals surface area contributed by atoms with Crippen molar-refractivity contribution < 1.29 is 4.79 Å². The van der Waals surface area contributed by atoms with E-state index in [-0.39, 0.29) is 24.4 Å². The van der Waals surface area contributed by atoms with Crippen molar-refractivity contribution in [3.8, 4) is 0 Å². The number of nitrogens with one attached hydrogen (secondary N) is 1. The van der Waals surface area contributed by atoms with Crippen molar-refractivity contribution in [1.82, 2.24) is 20.1 Å². The molecule has 3 rings (SSSR count). The van der Waals surface area contributed by atoms with Crippen LogP contribution >= 0.6 is 12.4 Å². The molecular formula is C17H28ClN5O. The van der Waals surface area contributed by atoms with E-state index in [1.807, 2.05) is 11.1 Å². The van der Waals surface area contributed by atoms with Gasteiger partial charge in [-0.25, -0.2) is 4.98 Å². The summed E-state index contributed by atoms with van der Waals surface area (Å²) < 4.78 is 0. The van der Waals surface area contributed by atoms with Gasteiger partial charge in [0, 0.05) is 38.9 Å². The molecule has 2 aliphatic heterocycles. The van der Waals surface area contributed by atoms with Crippen LogP contribution in [-0.4, -0.2) is 73.6 Å². The molecule has 2 saturated heterocycles. The van der Waals surface area contributed by atoms with E-state index >= 15 is 0 Å². The Morgan fingerprint density at radius 2 is 2.04 bits per heavy atom. The molecule has 1 aromatic rings. The third-order valence-electron chi connectivity index (χ3n) is 4.58. The molecule has 0 aliphatic carbocycles. The van der Waals surface area contributed by atoms with Gasteiger partial charge in [-0.1, -0.05) is 6.07 Å². The Kier molecular flexibility index (Phi) is 6.83. The number of halogens is 1. The second-order valence-electron chi connectivity index (χ2n) is 6.72. The van der Waals surface area contributed by atoms with Gasteiger partial charge in [-0.15, -0.1) is 12.4 Å². The number of anilines is 1. The second kappa shape index (κ2) is 8.65. The number of aromatic nitrogens is 1. The number of nitrogens with zero attached hydrogens (tertiary/aromatic N) is 4. The van der Waals surface area contributed by atoms with E-state index < -0.39 is 0 Å². The van der Waals surface area contributed by atoms with Gasteiger partial charge in [-0.3, -0.25) is 4.79 Å². The zero-order chi connectivity index (χ0) is 16.2. The van der Waals surface area contributed by atoms with Gasteiger partial charge in [0.2, 0.25) is 5.91 Å². The van der Waals surface area contributed by atoms with Gasteiger partial charge in [0.15, 0.2) is 0 Å². The Hall–Kier alpha value is -1.37. The van der Waals surface area contributed by atoms with E-state index in [1.54, 1.807) is 0 Å². The van der Waals surface area contributed by atoms with Crippen molar-refractivity contribution in [3.05, 3.63) is 23.9 Å². The Labute approximate surface area is 150 Å². The molecule has 1 N–H and O–H groups in total. The van der Waals surface area contributed by atoms with Crippen LogP contribution in [0.5, 0.6) is 0 Å². The van der Waals surface area contributed by atoms with Gasteiger partial charge >= 0.3 is 0 Å². The third kappa shape index (κ3) is 4.59. The number of amides is 1. The van der Waals surface area contributed by atoms with E-state index in [0.29, 0.717) is 0 Å². The average Bonchev–Trinajstić information content (AvgIpc) is 3.09. The molecule has 2 aliphatic rings. The van der Waals surface area contributed by atoms with Crippen molar-refractivity contribution >= 4 is 24.1 Å². The summed E-state index contributed by atoms with van der Waals surface area (Å²) in [5, 5.41) is 3.30. The van der Waals surface area contributed by atoms with E-state index in [0.717, 1.165) is 57.9 Å². The molecule has 134 valence electrons. The van der Waals surface area contributed by atoms with Crippen LogP contribution in [0.4, 0.5) is 5.82 Å². The summed E-state index contributed by atoms with van der Waals surface area (Å²) in [5.74, 6) is 1.29. The van der Waals surface area contributed by atoms with E-state index in [1.165, 1.54) is 5.56 Å². The smallest absolute Gasteiger partial charge is 0.239 e. The lowest BCUT2D eigenvalue weighted by Gasteiger charge is -2.36. The molecular weight excluding hydrogens is 326 g/mol. The van der Waals surface area contributed by atoms with Crippen LogP contribution in [0.25, 0.3) is 0 Å². The number of hydrogen-bond acceptors (Lipinski definition) is 5. The summed E-state index contributed by atoms with van der Waals surface area (Å²) in [6.07, 6.45) is 4.04. The molecule has 1 unspecified atom stereocenters. The summed E-state index contributed by atoms with van der Waals surface area (Å²) in [6, 6.07) is 4.28. The summed E-state index contributed by atoms with van der Waals surface area (Å²) in [6.45, 7) is 5.18. The first-order valence-electron chi connectivity index (χ1n) is 8.50. The summed E-state index contributed by atoms with van der Waals surface area (Å²) in [5.41, 5.74) is 1.22. The Balaban J connectivity index is 0.00000208. The first-order valence-corrected chi connectivity index (χ1v) is 8.50. The first-order chi connectivity index (χ1) is 11.1. The number of pyridine rings is 1. The number of hydrogen-bond donors (Lipinski definition) is 1. The number of carbonyl (C=O) groups excluding carboxylic acids is 1. The molecule has 1 amide bonds. The lowest BCUT2D eigenvalue weighted by molar-refractivity contribution is -0.133. The standard InChI is InChI=1S/C17H27N5O.ClH/c1-20(2)13-14-5-6-16(19-12-14)21-8-10-22(11-9-21)17(23)15-4-3-7-18-15;/h5-6,12,15,18H,3-4,7-11,13H2,1-2H3;1H. The molecule has 3 heterocycles. The van der Waals surface area contributed by atoms with Crippen molar-refractivity contribution in [1.29, 1.82) is 0 Å². The largest absolute Gasteiger partial charge is 0.353 e. The molecule has 0 saturated carbocycles. The molecule has 0 aromatic carbocycles. The predicted octanol–water partition coefficient (Wildman–Crippen LogP) is 0.966. The van der Waals surface area contributed by atoms with Crippen LogP contribution in [0.1, 0.15) is 18.4 Å². The third-order valence-corrected chi connectivity index (χ3v) is 4.58. The highest BCUT2D eigenvalue weighted by Gasteiger charge is 2.29. The van der Waals surface area contributed by atoms with Crippen LogP contribution in [0.2, 0.25) is 0 Å². The highest BCUT2D eigenvalue weighted by Crippen LogP contribution is 2.16. The Morgan fingerprint density at radius 1 is 1.29 bits per heavy atom. The summed E-state index contributed by atoms with van der Waals surface area (Å²) in [4.78, 5) is 23.4. The van der Waals surface area contributed by atoms with Crippen LogP contribution < -0.4 is 10.2 Å². The van der Waals surface area contributed by atoms with E-state index in [9.17, 15) is 4.79 Å². The highest BCUT2D eigenvalue weighted by molar-refractivity contribution is 5.85. The predicted molar refractivity (Wildman–Crippen MR) is 98.7 cm³/mol. The fourth-order valence-corrected chi connectivity index (χ4v) is 3.33. The monoisotopic (exact) mass is 353 g/mol. The fourth-order valence-electron chi connectivity index (χ4n) is 3.33. The quantitative estimate of drug-likeness (QED) is 0.874. The summed E-state index contributed by atoms with van der Waals surface area (Å²) >= 11 is 0. The Morgan fingerprint density at radius 3 is 2.58 bits per heavy atom. The zero-order valence-electron chi connectivity index (χ0n) is 14.6. The SMILES string of the molecule is CN(C)Cc1ccc(N2CCN(C(=O)C3CCCN3)CC2)nc1.Cl. The minimum Gasteiger partial charge on any atom is -0.353 e. The Bertz CT molecular complexity index is 522. The van der Waals surface area contributed by atoms with Gasteiger partial charge in [-0.2, -0.15) is 0 Å². The number of piperazine rings is 1. The minimum atomic E-state index is 0. The second-order valence-corrected chi connectivity index (χ2v) is 6.72. The van der Waals surface area contributed by atoms with E-state index in [4.69, 9.17) is 0 Å². The molecule has 1 atom stereocenters. The van der Waals surface area contributed by atoms with E-state index in [2.05, 4.69) is 46.3 Å². The van der Waals surface area contributed by atoms with Gasteiger partial charge in [0.05, 0.1) is 6.04 Å². The van der Waals surface area contributed by atoms with Crippen LogP contribution in [0.3, 0.4) is 0 Å². The first kappa shape index (κ1) is 19.0. The molecule has 1 aromatic heterocycles. The maximum Gasteiger partial charge on any atom is 0.239 e. The van der Waals surface area contributed by atoms with Crippen molar-refractivity contribution in [2.75, 3.05) is 51.7 Å². The molecule has 0 radical (unpaired) electrons. The molecule has 24 heavy (non-hydrogen) atoms. The lowest BCUT2D eigenvalue weighted by atomic mass is 10.2. The van der Waals surface area contributed by atoms with Crippen molar-refractivity contribution in [2.45, 2.75) is 25.4 Å². The molecule has 2 fully saturated rings. The van der Waals surface area contributed by atoms with Crippen LogP contribution in [-0.2, 0) is 11.3 Å². The molecule has 6 nitrogen and oxygen atoms in total. The van der Waals surface area contributed by atoms with Crippen LogP contribution in [0.15, 0.2) is 18.3 Å². The zero-order valence-corrected chi connectivity index (χ0v) is 15.4. The molecule has 7 heteroatoms. The fraction of sp³-hybridized carbons (Fsp3) is 0.647. The van der Waals surface area contributed by atoms with Crippen molar-refractivity contribution in [3.63, 3.8) is 0 Å². The van der Waals surface area contributed by atoms with Gasteiger partial charge in [0.25, 0.3) is 0 Å². The number of rotatable bonds is 4. The minimum absolute atomic E-state index is 0. The molecule has 0 spiro atoms. The maximum atomic E-state index is 12.4. The van der Waals surface area contributed by atoms with Gasteiger partial charge in [-0.05, 0) is 45.1 Å². The van der Waals surface area contributed by atoms with Gasteiger partial charge < -0.3 is 20.0 Å². The molecule has 0 bridgehead atoms. The maximum absolute atomic E-state index is 12.4. The lowest BCUT2D eigenvalue weighted by Crippen LogP contribution is -2.53. The van der Waals surface area contributed by atoms with Gasteiger partial charge in [0.1, 0.15) is 5.82 Å². The average molecular weight is 354 g/mol.